The zero-order valence-corrected chi connectivity index (χ0v) is 18.2. The maximum absolute atomic E-state index is 15.0. The van der Waals surface area contributed by atoms with Crippen molar-refractivity contribution in [3.63, 3.8) is 0 Å². The molecule has 0 radical (unpaired) electrons. The minimum absolute atomic E-state index is 0. The highest BCUT2D eigenvalue weighted by Crippen LogP contribution is 2.43. The third kappa shape index (κ3) is 3.78. The molecule has 0 saturated carbocycles. The van der Waals surface area contributed by atoms with Gasteiger partial charge >= 0.3 is 0 Å². The molecule has 31 heavy (non-hydrogen) atoms. The van der Waals surface area contributed by atoms with E-state index < -0.39 is 31.4 Å². The number of aromatic nitrogens is 2. The molecule has 0 saturated heterocycles. The minimum atomic E-state index is -2.68. The number of rotatable bonds is 3. The van der Waals surface area contributed by atoms with Gasteiger partial charge in [-0.2, -0.15) is 0 Å². The second-order valence-electron chi connectivity index (χ2n) is 8.00. The van der Waals surface area contributed by atoms with Crippen molar-refractivity contribution in [3.8, 4) is 21.9 Å². The van der Waals surface area contributed by atoms with Gasteiger partial charge in [0.1, 0.15) is 23.0 Å². The van der Waals surface area contributed by atoms with Crippen molar-refractivity contribution in [1.82, 2.24) is 10.2 Å². The van der Waals surface area contributed by atoms with Crippen LogP contribution in [0.2, 0.25) is 0 Å². The highest BCUT2D eigenvalue weighted by Gasteiger charge is 2.46. The van der Waals surface area contributed by atoms with Crippen molar-refractivity contribution in [3.05, 3.63) is 47.2 Å². The van der Waals surface area contributed by atoms with E-state index in [9.17, 15) is 8.60 Å². The van der Waals surface area contributed by atoms with Crippen molar-refractivity contribution in [2.75, 3.05) is 5.75 Å². The van der Waals surface area contributed by atoms with Gasteiger partial charge in [0.15, 0.2) is 0 Å². The van der Waals surface area contributed by atoms with Crippen LogP contribution in [-0.4, -0.2) is 36.6 Å². The zero-order valence-electron chi connectivity index (χ0n) is 16.6. The molecule has 0 amide bonds. The topological polar surface area (TPSA) is 94.4 Å². The SMILES string of the molecule is C.C=S1(=O)C[C@@](C)(c2sc(-c3cc(F)cc(-c4nnco4)c3)cc2F)N=C(N)C1(C)C. The monoisotopic (exact) mass is 466 g/mol. The lowest BCUT2D eigenvalue weighted by molar-refractivity contribution is 0.506. The fraction of sp³-hybridized carbons (Fsp3) is 0.333. The van der Waals surface area contributed by atoms with Gasteiger partial charge in [-0.25, -0.2) is 8.78 Å². The van der Waals surface area contributed by atoms with E-state index in [1.165, 1.54) is 18.2 Å². The number of aliphatic imine (C=N–C) groups is 1. The van der Waals surface area contributed by atoms with Crippen molar-refractivity contribution in [2.45, 2.75) is 38.5 Å². The molecular formula is C21H24F2N4O2S2. The Morgan fingerprint density at radius 1 is 1.19 bits per heavy atom. The van der Waals surface area contributed by atoms with E-state index in [-0.39, 0.29) is 29.8 Å². The Morgan fingerprint density at radius 3 is 2.48 bits per heavy atom. The summed E-state index contributed by atoms with van der Waals surface area (Å²) < 4.78 is 46.7. The molecule has 0 aliphatic carbocycles. The van der Waals surface area contributed by atoms with Gasteiger partial charge in [0, 0.05) is 16.2 Å². The molecule has 1 unspecified atom stereocenters. The Bertz CT molecular complexity index is 1260. The highest BCUT2D eigenvalue weighted by atomic mass is 32.2. The Balaban J connectivity index is 0.00000272. The Hall–Kier alpha value is -2.59. The van der Waals surface area contributed by atoms with Crippen LogP contribution in [0.3, 0.4) is 0 Å². The first kappa shape index (κ1) is 23.1. The summed E-state index contributed by atoms with van der Waals surface area (Å²) in [7, 11) is -2.68. The predicted octanol–water partition coefficient (Wildman–Crippen LogP) is 4.46. The van der Waals surface area contributed by atoms with Crippen LogP contribution in [-0.2, 0) is 15.1 Å². The number of thiophene rings is 1. The van der Waals surface area contributed by atoms with Gasteiger partial charge < -0.3 is 10.2 Å². The molecule has 3 aromatic rings. The molecular weight excluding hydrogens is 442 g/mol. The summed E-state index contributed by atoms with van der Waals surface area (Å²) in [5.74, 6) is 3.22. The quantitative estimate of drug-likeness (QED) is 0.575. The smallest absolute Gasteiger partial charge is 0.247 e. The highest BCUT2D eigenvalue weighted by molar-refractivity contribution is 8.02. The van der Waals surface area contributed by atoms with E-state index in [1.807, 2.05) is 0 Å². The summed E-state index contributed by atoms with van der Waals surface area (Å²) >= 11 is 1.11. The van der Waals surface area contributed by atoms with Crippen molar-refractivity contribution >= 4 is 32.6 Å². The maximum Gasteiger partial charge on any atom is 0.247 e. The number of hydrogen-bond acceptors (Lipinski definition) is 7. The lowest BCUT2D eigenvalue weighted by atomic mass is 10.0. The van der Waals surface area contributed by atoms with Crippen molar-refractivity contribution in [2.24, 2.45) is 10.7 Å². The van der Waals surface area contributed by atoms with Gasteiger partial charge in [-0.15, -0.1) is 21.5 Å². The van der Waals surface area contributed by atoms with Gasteiger partial charge in [-0.1, -0.05) is 7.43 Å². The van der Waals surface area contributed by atoms with Gasteiger partial charge in [-0.05, 0) is 66.0 Å². The van der Waals surface area contributed by atoms with E-state index in [0.29, 0.717) is 16.0 Å². The van der Waals surface area contributed by atoms with Gasteiger partial charge in [0.2, 0.25) is 12.3 Å². The summed E-state index contributed by atoms with van der Waals surface area (Å²) in [4.78, 5) is 5.27. The second-order valence-corrected chi connectivity index (χ2v) is 12.0. The molecule has 1 aliphatic heterocycles. The Labute approximate surface area is 184 Å². The van der Waals surface area contributed by atoms with E-state index in [0.717, 1.165) is 17.7 Å². The molecule has 166 valence electrons. The number of nitrogens with two attached hydrogens (primary N) is 1. The fourth-order valence-electron chi connectivity index (χ4n) is 3.41. The van der Waals surface area contributed by atoms with Crippen LogP contribution in [0.15, 0.2) is 40.1 Å². The molecule has 10 heteroatoms. The largest absolute Gasteiger partial charge is 0.423 e. The standard InChI is InChI=1S/C20H20F2N4O2S2.CH4/c1-19(2)18(23)25-20(3,9-30(19,4)27)16-14(22)8-15(29-16)11-5-12(7-13(21)6-11)17-26-24-10-28-17;/h5-8,10H,4,9H2,1-3H3,(H2,23,25);1H4/t20-,30?;/m0./s1. The second kappa shape index (κ2) is 7.52. The van der Waals surface area contributed by atoms with Gasteiger partial charge in [-0.3, -0.25) is 9.20 Å². The Kier molecular flexibility index (Phi) is 5.60. The first-order chi connectivity index (χ1) is 13.9. The summed E-state index contributed by atoms with van der Waals surface area (Å²) in [6, 6.07) is 5.51. The van der Waals surface area contributed by atoms with Crippen molar-refractivity contribution in [1.29, 1.82) is 0 Å². The van der Waals surface area contributed by atoms with E-state index in [2.05, 4.69) is 21.1 Å². The molecule has 2 atom stereocenters. The molecule has 0 spiro atoms. The molecule has 0 fully saturated rings. The van der Waals surface area contributed by atoms with Gasteiger partial charge in [0.05, 0.1) is 9.62 Å². The predicted molar refractivity (Wildman–Crippen MR) is 123 cm³/mol. The first-order valence-corrected chi connectivity index (χ1v) is 11.7. The molecule has 2 aromatic heterocycles. The number of halogens is 2. The third-order valence-electron chi connectivity index (χ3n) is 5.39. The van der Waals surface area contributed by atoms with Gasteiger partial charge in [0.25, 0.3) is 0 Å². The lowest BCUT2D eigenvalue weighted by Gasteiger charge is -2.40. The van der Waals surface area contributed by atoms with Crippen LogP contribution in [0.25, 0.3) is 21.9 Å². The summed E-state index contributed by atoms with van der Waals surface area (Å²) in [6.07, 6.45) is 1.15. The Morgan fingerprint density at radius 2 is 1.87 bits per heavy atom. The van der Waals surface area contributed by atoms with E-state index >= 15 is 4.39 Å². The number of hydrogen-bond donors (Lipinski definition) is 1. The van der Waals surface area contributed by atoms with E-state index in [1.54, 1.807) is 26.8 Å². The summed E-state index contributed by atoms with van der Waals surface area (Å²) in [6.45, 7) is 5.14. The molecule has 1 aromatic carbocycles. The average Bonchev–Trinajstić information content (AvgIpc) is 3.29. The van der Waals surface area contributed by atoms with Crippen LogP contribution in [0, 0.1) is 11.6 Å². The maximum atomic E-state index is 15.0. The number of nitrogens with zero attached hydrogens (tertiary/aromatic N) is 3. The van der Waals surface area contributed by atoms with Crippen LogP contribution in [0.4, 0.5) is 8.78 Å². The minimum Gasteiger partial charge on any atom is -0.423 e. The normalized spacial score (nSPS) is 25.0. The average molecular weight is 467 g/mol. The molecule has 0 bridgehead atoms. The number of benzene rings is 1. The fourth-order valence-corrected chi connectivity index (χ4v) is 6.51. The van der Waals surface area contributed by atoms with Crippen LogP contribution >= 0.6 is 11.3 Å². The first-order valence-electron chi connectivity index (χ1n) is 9.00. The van der Waals surface area contributed by atoms with Crippen LogP contribution < -0.4 is 5.73 Å². The van der Waals surface area contributed by atoms with Crippen LogP contribution in [0.1, 0.15) is 33.1 Å². The molecule has 4 rings (SSSR count). The summed E-state index contributed by atoms with van der Waals surface area (Å²) in [5, 5.41) is 7.38. The third-order valence-corrected chi connectivity index (χ3v) is 9.90. The van der Waals surface area contributed by atoms with E-state index in [4.69, 9.17) is 10.2 Å². The molecule has 3 heterocycles. The summed E-state index contributed by atoms with van der Waals surface area (Å²) in [5.41, 5.74) is 5.80. The molecule has 1 aliphatic rings. The lowest BCUT2D eigenvalue weighted by Crippen LogP contribution is -2.54. The van der Waals surface area contributed by atoms with Crippen molar-refractivity contribution < 1.29 is 17.4 Å². The number of amidine groups is 1. The molecule has 6 nitrogen and oxygen atoms in total. The zero-order chi connectivity index (χ0) is 21.9. The van der Waals surface area contributed by atoms with Crippen LogP contribution in [0.5, 0.6) is 0 Å². The molecule has 2 N–H and O–H groups in total.